The molecule has 114 valence electrons. The first kappa shape index (κ1) is 15.7. The number of rotatable bonds is 7. The van der Waals surface area contributed by atoms with Crippen molar-refractivity contribution < 1.29 is 0 Å². The molecular formula is C16H25N5. The summed E-state index contributed by atoms with van der Waals surface area (Å²) in [5.74, 6) is 0. The molecule has 2 N–H and O–H groups in total. The second kappa shape index (κ2) is 7.36. The molecule has 0 saturated heterocycles. The average molecular weight is 287 g/mol. The summed E-state index contributed by atoms with van der Waals surface area (Å²) < 4.78 is 1.90. The van der Waals surface area contributed by atoms with Gasteiger partial charge in [-0.1, -0.05) is 18.2 Å². The minimum absolute atomic E-state index is 0.197. The SMILES string of the molecule is CN(C)CCN(C)C(CN)c1cnn(-c2ccccc2)c1. The first-order valence-electron chi connectivity index (χ1n) is 7.27. The van der Waals surface area contributed by atoms with Crippen LogP contribution in [0.5, 0.6) is 0 Å². The van der Waals surface area contributed by atoms with Gasteiger partial charge in [-0.15, -0.1) is 0 Å². The summed E-state index contributed by atoms with van der Waals surface area (Å²) in [7, 11) is 6.28. The topological polar surface area (TPSA) is 50.3 Å². The molecule has 2 aromatic rings. The fraction of sp³-hybridized carbons (Fsp3) is 0.438. The highest BCUT2D eigenvalue weighted by Gasteiger charge is 2.17. The lowest BCUT2D eigenvalue weighted by Gasteiger charge is -2.27. The Morgan fingerprint density at radius 2 is 1.86 bits per heavy atom. The zero-order valence-corrected chi connectivity index (χ0v) is 13.1. The number of likely N-dealkylation sites (N-methyl/N-ethyl adjacent to an activating group) is 2. The molecule has 0 saturated carbocycles. The smallest absolute Gasteiger partial charge is 0.0645 e. The normalized spacial score (nSPS) is 13.0. The minimum Gasteiger partial charge on any atom is -0.329 e. The third kappa shape index (κ3) is 4.14. The fourth-order valence-corrected chi connectivity index (χ4v) is 2.31. The van der Waals surface area contributed by atoms with Gasteiger partial charge in [-0.3, -0.25) is 4.90 Å². The predicted octanol–water partition coefficient (Wildman–Crippen LogP) is 1.37. The molecule has 1 heterocycles. The Labute approximate surface area is 127 Å². The zero-order chi connectivity index (χ0) is 15.2. The lowest BCUT2D eigenvalue weighted by Crippen LogP contribution is -2.35. The van der Waals surface area contributed by atoms with E-state index in [1.54, 1.807) is 0 Å². The Kier molecular flexibility index (Phi) is 5.50. The summed E-state index contributed by atoms with van der Waals surface area (Å²) in [6.07, 6.45) is 3.98. The second-order valence-corrected chi connectivity index (χ2v) is 5.59. The number of nitrogens with two attached hydrogens (primary N) is 1. The zero-order valence-electron chi connectivity index (χ0n) is 13.1. The maximum atomic E-state index is 5.97. The molecule has 1 atom stereocenters. The van der Waals surface area contributed by atoms with E-state index >= 15 is 0 Å². The van der Waals surface area contributed by atoms with Crippen LogP contribution in [0.3, 0.4) is 0 Å². The molecule has 0 aliphatic rings. The summed E-state index contributed by atoms with van der Waals surface area (Å²) in [5.41, 5.74) is 8.19. The summed E-state index contributed by atoms with van der Waals surface area (Å²) >= 11 is 0. The van der Waals surface area contributed by atoms with E-state index in [2.05, 4.69) is 42.2 Å². The van der Waals surface area contributed by atoms with Crippen molar-refractivity contribution in [2.45, 2.75) is 6.04 Å². The lowest BCUT2D eigenvalue weighted by molar-refractivity contribution is 0.223. The van der Waals surface area contributed by atoms with E-state index in [0.29, 0.717) is 6.54 Å². The summed E-state index contributed by atoms with van der Waals surface area (Å²) in [6, 6.07) is 10.3. The van der Waals surface area contributed by atoms with Crippen molar-refractivity contribution in [1.29, 1.82) is 0 Å². The van der Waals surface area contributed by atoms with E-state index in [1.807, 2.05) is 41.2 Å². The van der Waals surface area contributed by atoms with Crippen LogP contribution in [0.25, 0.3) is 5.69 Å². The molecule has 0 aliphatic carbocycles. The van der Waals surface area contributed by atoms with Crippen molar-refractivity contribution in [3.05, 3.63) is 48.3 Å². The molecule has 5 nitrogen and oxygen atoms in total. The third-order valence-corrected chi connectivity index (χ3v) is 3.66. The number of hydrogen-bond donors (Lipinski definition) is 1. The van der Waals surface area contributed by atoms with Crippen LogP contribution in [-0.2, 0) is 0 Å². The molecular weight excluding hydrogens is 262 g/mol. The molecule has 0 amide bonds. The highest BCUT2D eigenvalue weighted by atomic mass is 15.3. The molecule has 0 aliphatic heterocycles. The van der Waals surface area contributed by atoms with Gasteiger partial charge in [-0.2, -0.15) is 5.10 Å². The first-order valence-corrected chi connectivity index (χ1v) is 7.27. The second-order valence-electron chi connectivity index (χ2n) is 5.59. The average Bonchev–Trinajstić information content (AvgIpc) is 2.96. The van der Waals surface area contributed by atoms with Gasteiger partial charge < -0.3 is 10.6 Å². The number of hydrogen-bond acceptors (Lipinski definition) is 4. The Morgan fingerprint density at radius 3 is 2.48 bits per heavy atom. The lowest BCUT2D eigenvalue weighted by atomic mass is 10.1. The molecule has 0 spiro atoms. The molecule has 2 rings (SSSR count). The van der Waals surface area contributed by atoms with Gasteiger partial charge in [0.25, 0.3) is 0 Å². The predicted molar refractivity (Wildman–Crippen MR) is 86.5 cm³/mol. The van der Waals surface area contributed by atoms with Crippen molar-refractivity contribution in [1.82, 2.24) is 19.6 Å². The van der Waals surface area contributed by atoms with E-state index in [0.717, 1.165) is 24.3 Å². The number of aromatic nitrogens is 2. The van der Waals surface area contributed by atoms with E-state index in [1.165, 1.54) is 0 Å². The van der Waals surface area contributed by atoms with E-state index in [-0.39, 0.29) is 6.04 Å². The largest absolute Gasteiger partial charge is 0.329 e. The van der Waals surface area contributed by atoms with Crippen LogP contribution in [0.4, 0.5) is 0 Å². The van der Waals surface area contributed by atoms with Gasteiger partial charge >= 0.3 is 0 Å². The van der Waals surface area contributed by atoms with Gasteiger partial charge in [-0.05, 0) is 33.3 Å². The maximum Gasteiger partial charge on any atom is 0.0645 e. The van der Waals surface area contributed by atoms with Crippen molar-refractivity contribution >= 4 is 0 Å². The van der Waals surface area contributed by atoms with Gasteiger partial charge in [0.15, 0.2) is 0 Å². The molecule has 5 heteroatoms. The van der Waals surface area contributed by atoms with Crippen molar-refractivity contribution in [2.75, 3.05) is 40.8 Å². The van der Waals surface area contributed by atoms with Crippen LogP contribution in [-0.4, -0.2) is 60.4 Å². The van der Waals surface area contributed by atoms with Crippen LogP contribution in [0.15, 0.2) is 42.7 Å². The molecule has 21 heavy (non-hydrogen) atoms. The summed E-state index contributed by atoms with van der Waals surface area (Å²) in [6.45, 7) is 2.58. The highest BCUT2D eigenvalue weighted by molar-refractivity contribution is 5.31. The Morgan fingerprint density at radius 1 is 1.14 bits per heavy atom. The van der Waals surface area contributed by atoms with Crippen LogP contribution < -0.4 is 5.73 Å². The fourth-order valence-electron chi connectivity index (χ4n) is 2.31. The number of benzene rings is 1. The molecule has 0 bridgehead atoms. The van der Waals surface area contributed by atoms with Gasteiger partial charge in [-0.25, -0.2) is 4.68 Å². The van der Waals surface area contributed by atoms with E-state index in [9.17, 15) is 0 Å². The molecule has 0 fully saturated rings. The van der Waals surface area contributed by atoms with Gasteiger partial charge in [0.05, 0.1) is 11.9 Å². The monoisotopic (exact) mass is 287 g/mol. The highest BCUT2D eigenvalue weighted by Crippen LogP contribution is 2.19. The van der Waals surface area contributed by atoms with Crippen LogP contribution in [0, 0.1) is 0 Å². The van der Waals surface area contributed by atoms with Crippen LogP contribution in [0.1, 0.15) is 11.6 Å². The maximum absolute atomic E-state index is 5.97. The summed E-state index contributed by atoms with van der Waals surface area (Å²) in [5, 5.41) is 4.46. The van der Waals surface area contributed by atoms with E-state index in [4.69, 9.17) is 5.73 Å². The van der Waals surface area contributed by atoms with Crippen molar-refractivity contribution in [3.8, 4) is 5.69 Å². The molecule has 1 unspecified atom stereocenters. The standard InChI is InChI=1S/C16H25N5/c1-19(2)9-10-20(3)16(11-17)14-12-18-21(13-14)15-7-5-4-6-8-15/h4-8,12-13,16H,9-11,17H2,1-3H3. The third-order valence-electron chi connectivity index (χ3n) is 3.66. The first-order chi connectivity index (χ1) is 10.1. The Hall–Kier alpha value is -1.69. The Balaban J connectivity index is 2.11. The summed E-state index contributed by atoms with van der Waals surface area (Å²) in [4.78, 5) is 4.46. The van der Waals surface area contributed by atoms with Crippen LogP contribution >= 0.6 is 0 Å². The Bertz CT molecular complexity index is 535. The van der Waals surface area contributed by atoms with Gasteiger partial charge in [0.2, 0.25) is 0 Å². The minimum atomic E-state index is 0.197. The van der Waals surface area contributed by atoms with Crippen molar-refractivity contribution in [2.24, 2.45) is 5.73 Å². The van der Waals surface area contributed by atoms with Crippen molar-refractivity contribution in [3.63, 3.8) is 0 Å². The van der Waals surface area contributed by atoms with E-state index < -0.39 is 0 Å². The molecule has 0 radical (unpaired) electrons. The number of para-hydroxylation sites is 1. The quantitative estimate of drug-likeness (QED) is 0.835. The number of nitrogens with zero attached hydrogens (tertiary/aromatic N) is 4. The van der Waals surface area contributed by atoms with Crippen LogP contribution in [0.2, 0.25) is 0 Å². The molecule has 1 aromatic carbocycles. The van der Waals surface area contributed by atoms with Gasteiger partial charge in [0.1, 0.15) is 0 Å². The molecule has 1 aromatic heterocycles. The van der Waals surface area contributed by atoms with Gasteiger partial charge in [0, 0.05) is 37.4 Å².